The molecule has 0 aliphatic heterocycles. The van der Waals surface area contributed by atoms with Gasteiger partial charge in [0.25, 0.3) is 0 Å². The van der Waals surface area contributed by atoms with Crippen LogP contribution in [0.2, 0.25) is 10.0 Å². The number of ketones is 1. The van der Waals surface area contributed by atoms with Crippen molar-refractivity contribution in [3.05, 3.63) is 39.9 Å². The molecule has 2 nitrogen and oxygen atoms in total. The lowest BCUT2D eigenvalue weighted by Gasteiger charge is -2.26. The van der Waals surface area contributed by atoms with Gasteiger partial charge >= 0.3 is 18.0 Å². The summed E-state index contributed by atoms with van der Waals surface area (Å²) in [5, 5.41) is 9.23. The number of allylic oxidation sites excluding steroid dienone is 1. The molecule has 128 valence electrons. The van der Waals surface area contributed by atoms with Crippen LogP contribution in [0.15, 0.2) is 24.3 Å². The van der Waals surface area contributed by atoms with Crippen molar-refractivity contribution in [3.63, 3.8) is 0 Å². The monoisotopic (exact) mass is 384 g/mol. The highest BCUT2D eigenvalue weighted by atomic mass is 35.5. The molecule has 0 aliphatic carbocycles. The molecule has 0 amide bonds. The number of hydrogen-bond donors (Lipinski definition) is 1. The molecule has 11 heteroatoms. The number of alkyl halides is 7. The molecule has 0 bridgehead atoms. The molecule has 0 spiro atoms. The Bertz CT molecular complexity index is 653. The van der Waals surface area contributed by atoms with E-state index in [2.05, 4.69) is 0 Å². The minimum absolute atomic E-state index is 0.0107. The highest BCUT2D eigenvalue weighted by Gasteiger charge is 2.75. The number of aliphatic hydroxyl groups is 1. The summed E-state index contributed by atoms with van der Waals surface area (Å²) in [5.41, 5.74) is -0.390. The maximum absolute atomic E-state index is 13.1. The average Bonchev–Trinajstić information content (AvgIpc) is 2.40. The van der Waals surface area contributed by atoms with E-state index in [0.29, 0.717) is 0 Å². The molecule has 0 radical (unpaired) electrons. The standard InChI is InChI=1S/C12H5Cl2F7O2/c13-6-2-1-5(3-7(6)14)8(22)4-9(23)10(15,16)11(17,18)12(19,20)21/h1-4,22H/b8-4-. The van der Waals surface area contributed by atoms with Gasteiger partial charge < -0.3 is 5.11 Å². The summed E-state index contributed by atoms with van der Waals surface area (Å²) in [7, 11) is 0. The average molecular weight is 385 g/mol. The molecule has 0 saturated carbocycles. The summed E-state index contributed by atoms with van der Waals surface area (Å²) in [6.07, 6.45) is -7.10. The minimum Gasteiger partial charge on any atom is -0.507 e. The third kappa shape index (κ3) is 3.72. The number of aliphatic hydroxyl groups excluding tert-OH is 1. The Kier molecular flexibility index (Phi) is 5.27. The normalized spacial score (nSPS) is 14.0. The van der Waals surface area contributed by atoms with Gasteiger partial charge in [0.2, 0.25) is 5.78 Å². The van der Waals surface area contributed by atoms with E-state index in [0.717, 1.165) is 18.2 Å². The molecule has 0 saturated heterocycles. The molecule has 1 aromatic carbocycles. The van der Waals surface area contributed by atoms with E-state index >= 15 is 0 Å². The van der Waals surface area contributed by atoms with Crippen molar-refractivity contribution in [3.8, 4) is 0 Å². The molecule has 1 N–H and O–H groups in total. The van der Waals surface area contributed by atoms with Gasteiger partial charge in [0.15, 0.2) is 0 Å². The van der Waals surface area contributed by atoms with Crippen LogP contribution < -0.4 is 0 Å². The van der Waals surface area contributed by atoms with Crippen LogP contribution in [-0.4, -0.2) is 28.9 Å². The van der Waals surface area contributed by atoms with Crippen molar-refractivity contribution >= 4 is 34.7 Å². The molecule has 1 rings (SSSR count). The summed E-state index contributed by atoms with van der Waals surface area (Å²) >= 11 is 11.1. The predicted molar refractivity (Wildman–Crippen MR) is 68.0 cm³/mol. The zero-order valence-electron chi connectivity index (χ0n) is 10.6. The lowest BCUT2D eigenvalue weighted by molar-refractivity contribution is -0.342. The van der Waals surface area contributed by atoms with Crippen molar-refractivity contribution in [1.29, 1.82) is 0 Å². The first-order valence-electron chi connectivity index (χ1n) is 5.44. The quantitative estimate of drug-likeness (QED) is 0.434. The number of hydrogen-bond acceptors (Lipinski definition) is 2. The Balaban J connectivity index is 3.20. The fraction of sp³-hybridized carbons (Fsp3) is 0.250. The number of halogens is 9. The molecule has 1 aromatic rings. The second-order valence-electron chi connectivity index (χ2n) is 4.17. The smallest absolute Gasteiger partial charge is 0.460 e. The minimum atomic E-state index is -6.65. The van der Waals surface area contributed by atoms with Crippen LogP contribution in [0.4, 0.5) is 30.7 Å². The first-order valence-corrected chi connectivity index (χ1v) is 6.20. The number of carbonyl (C=O) groups excluding carboxylic acids is 1. The van der Waals surface area contributed by atoms with E-state index in [1.54, 1.807) is 0 Å². The van der Waals surface area contributed by atoms with Crippen LogP contribution in [0, 0.1) is 0 Å². The third-order valence-electron chi connectivity index (χ3n) is 2.54. The van der Waals surface area contributed by atoms with Crippen LogP contribution in [-0.2, 0) is 4.79 Å². The molecule has 0 unspecified atom stereocenters. The summed E-state index contributed by atoms with van der Waals surface area (Å²) < 4.78 is 87.4. The van der Waals surface area contributed by atoms with Gasteiger partial charge in [0, 0.05) is 11.6 Å². The number of benzene rings is 1. The summed E-state index contributed by atoms with van der Waals surface area (Å²) in [6, 6.07) is 2.95. The highest BCUT2D eigenvalue weighted by Crippen LogP contribution is 2.47. The largest absolute Gasteiger partial charge is 0.507 e. The van der Waals surface area contributed by atoms with Crippen molar-refractivity contribution in [2.24, 2.45) is 0 Å². The van der Waals surface area contributed by atoms with Gasteiger partial charge in [-0.3, -0.25) is 4.79 Å². The lowest BCUT2D eigenvalue weighted by Crippen LogP contribution is -2.55. The highest BCUT2D eigenvalue weighted by molar-refractivity contribution is 6.42. The van der Waals surface area contributed by atoms with Gasteiger partial charge in [-0.2, -0.15) is 30.7 Å². The third-order valence-corrected chi connectivity index (χ3v) is 3.28. The van der Waals surface area contributed by atoms with E-state index in [-0.39, 0.29) is 15.6 Å². The molecule has 0 fully saturated rings. The molecule has 0 atom stereocenters. The zero-order valence-corrected chi connectivity index (χ0v) is 12.1. The second kappa shape index (κ2) is 6.20. The van der Waals surface area contributed by atoms with Crippen LogP contribution in [0.25, 0.3) is 5.76 Å². The molecular weight excluding hydrogens is 380 g/mol. The molecular formula is C12H5Cl2F7O2. The topological polar surface area (TPSA) is 37.3 Å². The van der Waals surface area contributed by atoms with E-state index in [4.69, 9.17) is 23.2 Å². The van der Waals surface area contributed by atoms with Crippen LogP contribution >= 0.6 is 23.2 Å². The summed E-state index contributed by atoms with van der Waals surface area (Å²) in [5.74, 6) is -16.9. The number of rotatable bonds is 4. The molecule has 0 heterocycles. The molecule has 0 aromatic heterocycles. The van der Waals surface area contributed by atoms with E-state index < -0.39 is 35.6 Å². The van der Waals surface area contributed by atoms with E-state index in [9.17, 15) is 40.6 Å². The predicted octanol–water partition coefficient (Wildman–Crippen LogP) is 5.29. The zero-order chi connectivity index (χ0) is 18.2. The van der Waals surface area contributed by atoms with Crippen LogP contribution in [0.1, 0.15) is 5.56 Å². The van der Waals surface area contributed by atoms with Crippen molar-refractivity contribution in [2.45, 2.75) is 18.0 Å². The van der Waals surface area contributed by atoms with Crippen LogP contribution in [0.3, 0.4) is 0 Å². The SMILES string of the molecule is O=C(/C=C(\O)c1ccc(Cl)c(Cl)c1)C(F)(F)C(F)(F)C(F)(F)F. The Morgan fingerprint density at radius 1 is 1.00 bits per heavy atom. The second-order valence-corrected chi connectivity index (χ2v) is 4.98. The van der Waals surface area contributed by atoms with Crippen molar-refractivity contribution in [1.82, 2.24) is 0 Å². The Labute approximate surface area is 134 Å². The Hall–Kier alpha value is -1.48. The Morgan fingerprint density at radius 2 is 1.52 bits per heavy atom. The van der Waals surface area contributed by atoms with E-state index in [1.165, 1.54) is 0 Å². The summed E-state index contributed by atoms with van der Waals surface area (Å²) in [6.45, 7) is 0. The fourth-order valence-corrected chi connectivity index (χ4v) is 1.58. The fourth-order valence-electron chi connectivity index (χ4n) is 1.29. The van der Waals surface area contributed by atoms with Gasteiger partial charge in [-0.1, -0.05) is 23.2 Å². The van der Waals surface area contributed by atoms with Crippen LogP contribution in [0.5, 0.6) is 0 Å². The first-order chi connectivity index (χ1) is 10.2. The molecule has 23 heavy (non-hydrogen) atoms. The van der Waals surface area contributed by atoms with E-state index in [1.807, 2.05) is 0 Å². The van der Waals surface area contributed by atoms with Crippen molar-refractivity contribution in [2.75, 3.05) is 0 Å². The first kappa shape index (κ1) is 19.6. The summed E-state index contributed by atoms with van der Waals surface area (Å²) in [4.78, 5) is 11.1. The Morgan fingerprint density at radius 3 is 1.96 bits per heavy atom. The van der Waals surface area contributed by atoms with Gasteiger partial charge in [-0.15, -0.1) is 0 Å². The van der Waals surface area contributed by atoms with Gasteiger partial charge in [-0.25, -0.2) is 0 Å². The maximum atomic E-state index is 13.1. The lowest BCUT2D eigenvalue weighted by atomic mass is 10.0. The van der Waals surface area contributed by atoms with Gasteiger partial charge in [0.1, 0.15) is 5.76 Å². The molecule has 0 aliphatic rings. The van der Waals surface area contributed by atoms with Gasteiger partial charge in [0.05, 0.1) is 10.0 Å². The number of carbonyl (C=O) groups is 1. The maximum Gasteiger partial charge on any atom is 0.460 e. The van der Waals surface area contributed by atoms with Gasteiger partial charge in [-0.05, 0) is 18.2 Å². The van der Waals surface area contributed by atoms with Crippen molar-refractivity contribution < 1.29 is 40.6 Å².